The topological polar surface area (TPSA) is 51.3 Å². The fraction of sp³-hybridized carbons (Fsp3) is 0.368. The van der Waals surface area contributed by atoms with Gasteiger partial charge in [-0.3, -0.25) is 9.69 Å². The Morgan fingerprint density at radius 2 is 2.04 bits per heavy atom. The first-order valence-corrected chi connectivity index (χ1v) is 8.53. The molecule has 1 fully saturated rings. The Hall–Kier alpha value is -2.47. The molecule has 0 aliphatic carbocycles. The highest BCUT2D eigenvalue weighted by atomic mass is 19.1. The standard InChI is InChI=1S/C19H20FN3O2/c1-22-7-4-13(10-18(22)24)12-23-8-5-14(6-9-23)19-16-3-2-15(20)11-17(16)25-21-19/h2-4,7,10-11,14H,5-6,8-9,12H2,1H3. The van der Waals surface area contributed by atoms with Crippen molar-refractivity contribution in [2.24, 2.45) is 7.05 Å². The molecule has 3 heterocycles. The molecule has 1 aliphatic heterocycles. The number of nitrogens with zero attached hydrogens (tertiary/aromatic N) is 3. The molecule has 4 rings (SSSR count). The van der Waals surface area contributed by atoms with Gasteiger partial charge in [-0.05, 0) is 49.7 Å². The summed E-state index contributed by atoms with van der Waals surface area (Å²) in [6.07, 6.45) is 3.76. The molecule has 0 spiro atoms. The van der Waals surface area contributed by atoms with Crippen LogP contribution in [-0.4, -0.2) is 27.7 Å². The number of rotatable bonds is 3. The van der Waals surface area contributed by atoms with Crippen LogP contribution >= 0.6 is 0 Å². The van der Waals surface area contributed by atoms with Gasteiger partial charge in [0.25, 0.3) is 5.56 Å². The molecular formula is C19H20FN3O2. The van der Waals surface area contributed by atoms with Gasteiger partial charge in [-0.1, -0.05) is 5.16 Å². The highest BCUT2D eigenvalue weighted by Crippen LogP contribution is 2.33. The van der Waals surface area contributed by atoms with E-state index in [9.17, 15) is 9.18 Å². The zero-order chi connectivity index (χ0) is 17.4. The molecule has 0 amide bonds. The van der Waals surface area contributed by atoms with Gasteiger partial charge < -0.3 is 9.09 Å². The summed E-state index contributed by atoms with van der Waals surface area (Å²) in [5, 5.41) is 5.09. The van der Waals surface area contributed by atoms with Gasteiger partial charge in [-0.25, -0.2) is 4.39 Å². The van der Waals surface area contributed by atoms with E-state index in [1.165, 1.54) is 12.1 Å². The summed E-state index contributed by atoms with van der Waals surface area (Å²) < 4.78 is 20.1. The summed E-state index contributed by atoms with van der Waals surface area (Å²) in [4.78, 5) is 14.1. The summed E-state index contributed by atoms with van der Waals surface area (Å²) in [7, 11) is 1.76. The van der Waals surface area contributed by atoms with Crippen molar-refractivity contribution in [3.63, 3.8) is 0 Å². The van der Waals surface area contributed by atoms with Crippen molar-refractivity contribution >= 4 is 11.0 Å². The predicted octanol–water partition coefficient (Wildman–Crippen LogP) is 3.05. The van der Waals surface area contributed by atoms with Gasteiger partial charge in [0, 0.05) is 43.2 Å². The van der Waals surface area contributed by atoms with Crippen molar-refractivity contribution in [3.8, 4) is 0 Å². The van der Waals surface area contributed by atoms with Gasteiger partial charge in [-0.2, -0.15) is 0 Å². The number of aromatic nitrogens is 2. The second-order valence-corrected chi connectivity index (χ2v) is 6.74. The van der Waals surface area contributed by atoms with Gasteiger partial charge in [-0.15, -0.1) is 0 Å². The number of halogens is 1. The summed E-state index contributed by atoms with van der Waals surface area (Å²) in [6.45, 7) is 2.67. The Labute approximate surface area is 144 Å². The Bertz CT molecular complexity index is 955. The number of pyridine rings is 1. The largest absolute Gasteiger partial charge is 0.356 e. The first-order valence-electron chi connectivity index (χ1n) is 8.53. The van der Waals surface area contributed by atoms with Crippen LogP contribution in [0.1, 0.15) is 30.0 Å². The van der Waals surface area contributed by atoms with E-state index < -0.39 is 0 Å². The lowest BCUT2D eigenvalue weighted by molar-refractivity contribution is 0.201. The number of fused-ring (bicyclic) bond motifs is 1. The summed E-state index contributed by atoms with van der Waals surface area (Å²) in [6, 6.07) is 8.28. The molecule has 0 unspecified atom stereocenters. The maximum absolute atomic E-state index is 13.3. The van der Waals surface area contributed by atoms with Gasteiger partial charge in [0.2, 0.25) is 0 Å². The van der Waals surface area contributed by atoms with Crippen LogP contribution in [-0.2, 0) is 13.6 Å². The molecule has 6 heteroatoms. The minimum Gasteiger partial charge on any atom is -0.356 e. The first kappa shape index (κ1) is 16.0. The lowest BCUT2D eigenvalue weighted by Gasteiger charge is -2.31. The normalized spacial score (nSPS) is 16.6. The average molecular weight is 341 g/mol. The Balaban J connectivity index is 1.44. The minimum atomic E-state index is -0.306. The van der Waals surface area contributed by atoms with Crippen molar-refractivity contribution < 1.29 is 8.91 Å². The third-order valence-corrected chi connectivity index (χ3v) is 5.01. The van der Waals surface area contributed by atoms with Gasteiger partial charge in [0.1, 0.15) is 5.82 Å². The van der Waals surface area contributed by atoms with E-state index in [1.807, 2.05) is 12.3 Å². The van der Waals surface area contributed by atoms with E-state index in [2.05, 4.69) is 10.1 Å². The number of aryl methyl sites for hydroxylation is 1. The summed E-state index contributed by atoms with van der Waals surface area (Å²) in [5.41, 5.74) is 2.51. The van der Waals surface area contributed by atoms with Crippen LogP contribution in [0.3, 0.4) is 0 Å². The molecule has 0 saturated carbocycles. The van der Waals surface area contributed by atoms with Crippen LogP contribution < -0.4 is 5.56 Å². The zero-order valence-electron chi connectivity index (χ0n) is 14.1. The monoisotopic (exact) mass is 341 g/mol. The van der Waals surface area contributed by atoms with Crippen LogP contribution in [0.2, 0.25) is 0 Å². The maximum atomic E-state index is 13.3. The van der Waals surface area contributed by atoms with E-state index in [0.717, 1.165) is 49.1 Å². The van der Waals surface area contributed by atoms with Crippen molar-refractivity contribution in [3.05, 3.63) is 64.0 Å². The zero-order valence-corrected chi connectivity index (χ0v) is 14.1. The van der Waals surface area contributed by atoms with E-state index >= 15 is 0 Å². The molecular weight excluding hydrogens is 321 g/mol. The fourth-order valence-electron chi connectivity index (χ4n) is 3.54. The van der Waals surface area contributed by atoms with E-state index in [4.69, 9.17) is 4.52 Å². The Morgan fingerprint density at radius 1 is 1.24 bits per heavy atom. The Morgan fingerprint density at radius 3 is 2.80 bits per heavy atom. The predicted molar refractivity (Wildman–Crippen MR) is 92.9 cm³/mol. The van der Waals surface area contributed by atoms with Crippen LogP contribution in [0, 0.1) is 5.82 Å². The maximum Gasteiger partial charge on any atom is 0.250 e. The van der Waals surface area contributed by atoms with Crippen molar-refractivity contribution in [2.45, 2.75) is 25.3 Å². The molecule has 3 aromatic rings. The molecule has 0 radical (unpaired) electrons. The number of likely N-dealkylation sites (tertiary alicyclic amines) is 1. The van der Waals surface area contributed by atoms with Gasteiger partial charge >= 0.3 is 0 Å². The number of hydrogen-bond donors (Lipinski definition) is 0. The molecule has 2 aromatic heterocycles. The highest BCUT2D eigenvalue weighted by molar-refractivity contribution is 5.79. The molecule has 0 atom stereocenters. The summed E-state index contributed by atoms with van der Waals surface area (Å²) in [5.74, 6) is 0.0191. The quantitative estimate of drug-likeness (QED) is 0.735. The van der Waals surface area contributed by atoms with Gasteiger partial charge in [0.05, 0.1) is 5.69 Å². The van der Waals surface area contributed by atoms with Crippen molar-refractivity contribution in [1.29, 1.82) is 0 Å². The smallest absolute Gasteiger partial charge is 0.250 e. The van der Waals surface area contributed by atoms with Crippen molar-refractivity contribution in [2.75, 3.05) is 13.1 Å². The fourth-order valence-corrected chi connectivity index (χ4v) is 3.54. The summed E-state index contributed by atoms with van der Waals surface area (Å²) >= 11 is 0. The van der Waals surface area contributed by atoms with Crippen LogP contribution in [0.25, 0.3) is 11.0 Å². The van der Waals surface area contributed by atoms with Crippen LogP contribution in [0.15, 0.2) is 45.8 Å². The Kier molecular flexibility index (Phi) is 4.13. The molecule has 5 nitrogen and oxygen atoms in total. The second kappa shape index (κ2) is 6.44. The van der Waals surface area contributed by atoms with E-state index in [1.54, 1.807) is 23.7 Å². The molecule has 25 heavy (non-hydrogen) atoms. The lowest BCUT2D eigenvalue weighted by Crippen LogP contribution is -2.33. The number of hydrogen-bond acceptors (Lipinski definition) is 4. The molecule has 1 saturated heterocycles. The SMILES string of the molecule is Cn1ccc(CN2CCC(c3noc4cc(F)ccc34)CC2)cc1=O. The second-order valence-electron chi connectivity index (χ2n) is 6.74. The lowest BCUT2D eigenvalue weighted by atomic mass is 9.91. The number of benzene rings is 1. The third kappa shape index (κ3) is 3.22. The molecule has 0 N–H and O–H groups in total. The van der Waals surface area contributed by atoms with Crippen LogP contribution in [0.4, 0.5) is 4.39 Å². The molecule has 130 valence electrons. The third-order valence-electron chi connectivity index (χ3n) is 5.01. The molecule has 1 aliphatic rings. The van der Waals surface area contributed by atoms with E-state index in [0.29, 0.717) is 11.5 Å². The molecule has 0 bridgehead atoms. The minimum absolute atomic E-state index is 0.0219. The first-order chi connectivity index (χ1) is 12.1. The van der Waals surface area contributed by atoms with Crippen LogP contribution in [0.5, 0.6) is 0 Å². The van der Waals surface area contributed by atoms with Crippen molar-refractivity contribution in [1.82, 2.24) is 14.6 Å². The highest BCUT2D eigenvalue weighted by Gasteiger charge is 2.25. The number of piperidine rings is 1. The molecule has 1 aromatic carbocycles. The average Bonchev–Trinajstić information content (AvgIpc) is 3.02. The van der Waals surface area contributed by atoms with Gasteiger partial charge in [0.15, 0.2) is 5.58 Å². The van der Waals surface area contributed by atoms with E-state index in [-0.39, 0.29) is 11.4 Å².